The van der Waals surface area contributed by atoms with Crippen LogP contribution in [0.2, 0.25) is 5.02 Å². The van der Waals surface area contributed by atoms with Crippen LogP contribution in [0.1, 0.15) is 11.1 Å². The van der Waals surface area contributed by atoms with Gasteiger partial charge in [0.25, 0.3) is 0 Å². The summed E-state index contributed by atoms with van der Waals surface area (Å²) in [5.74, 6) is -0.0693. The molecule has 3 rings (SSSR count). The van der Waals surface area contributed by atoms with Crippen molar-refractivity contribution in [3.8, 4) is 0 Å². The topological polar surface area (TPSA) is 46.9 Å². The van der Waals surface area contributed by atoms with Gasteiger partial charge in [0.15, 0.2) is 0 Å². The van der Waals surface area contributed by atoms with Crippen LogP contribution in [0.25, 0.3) is 0 Å². The lowest BCUT2D eigenvalue weighted by Gasteiger charge is -2.11. The van der Waals surface area contributed by atoms with Crippen molar-refractivity contribution < 1.29 is 4.79 Å². The Labute approximate surface area is 139 Å². The molecule has 4 nitrogen and oxygen atoms in total. The molecule has 1 aromatic heterocycles. The van der Waals surface area contributed by atoms with Gasteiger partial charge in [-0.05, 0) is 35.4 Å². The van der Waals surface area contributed by atoms with Crippen LogP contribution >= 0.6 is 11.6 Å². The molecule has 1 N–H and O–H groups in total. The normalized spacial score (nSPS) is 10.5. The highest BCUT2D eigenvalue weighted by Crippen LogP contribution is 2.17. The van der Waals surface area contributed by atoms with Gasteiger partial charge in [-0.15, -0.1) is 0 Å². The molecule has 0 aliphatic carbocycles. The molecule has 0 bridgehead atoms. The Bertz CT molecular complexity index is 800. The number of rotatable bonds is 5. The minimum Gasteiger partial charge on any atom is -0.325 e. The first-order valence-electron chi connectivity index (χ1n) is 7.30. The van der Waals surface area contributed by atoms with Crippen molar-refractivity contribution in [1.82, 2.24) is 9.78 Å². The van der Waals surface area contributed by atoms with Crippen molar-refractivity contribution in [3.05, 3.63) is 83.1 Å². The number of aromatic nitrogens is 2. The van der Waals surface area contributed by atoms with Crippen LogP contribution in [-0.4, -0.2) is 15.7 Å². The Morgan fingerprint density at radius 2 is 2.00 bits per heavy atom. The van der Waals surface area contributed by atoms with Crippen molar-refractivity contribution in [3.63, 3.8) is 0 Å². The average Bonchev–Trinajstić information content (AvgIpc) is 3.02. The Kier molecular flexibility index (Phi) is 4.74. The molecule has 0 unspecified atom stereocenters. The van der Waals surface area contributed by atoms with Crippen LogP contribution in [0.4, 0.5) is 5.69 Å². The Hall–Kier alpha value is -2.59. The third-order valence-corrected chi connectivity index (χ3v) is 3.67. The minimum absolute atomic E-state index is 0.0693. The van der Waals surface area contributed by atoms with E-state index in [0.717, 1.165) is 16.8 Å². The van der Waals surface area contributed by atoms with Crippen LogP contribution in [0, 0.1) is 0 Å². The summed E-state index contributed by atoms with van der Waals surface area (Å²) in [5, 5.41) is 7.80. The van der Waals surface area contributed by atoms with Crippen molar-refractivity contribution in [2.45, 2.75) is 13.0 Å². The lowest BCUT2D eigenvalue weighted by molar-refractivity contribution is -0.115. The Morgan fingerprint density at radius 3 is 2.78 bits per heavy atom. The van der Waals surface area contributed by atoms with Crippen molar-refractivity contribution >= 4 is 23.2 Å². The summed E-state index contributed by atoms with van der Waals surface area (Å²) in [6.07, 6.45) is 3.92. The molecule has 0 saturated heterocycles. The summed E-state index contributed by atoms with van der Waals surface area (Å²) in [5.41, 5.74) is 2.70. The first-order valence-corrected chi connectivity index (χ1v) is 7.68. The Balaban J connectivity index is 1.71. The number of hydrogen-bond acceptors (Lipinski definition) is 2. The maximum absolute atomic E-state index is 12.3. The van der Waals surface area contributed by atoms with Gasteiger partial charge < -0.3 is 5.32 Å². The fourth-order valence-electron chi connectivity index (χ4n) is 2.38. The third-order valence-electron chi connectivity index (χ3n) is 3.44. The summed E-state index contributed by atoms with van der Waals surface area (Å²) >= 11 is 5.95. The zero-order valence-electron chi connectivity index (χ0n) is 12.4. The quantitative estimate of drug-likeness (QED) is 0.776. The van der Waals surface area contributed by atoms with E-state index in [4.69, 9.17) is 11.6 Å². The van der Waals surface area contributed by atoms with E-state index in [9.17, 15) is 4.79 Å². The van der Waals surface area contributed by atoms with Gasteiger partial charge in [0.2, 0.25) is 5.91 Å². The predicted molar refractivity (Wildman–Crippen MR) is 91.6 cm³/mol. The average molecular weight is 326 g/mol. The number of anilines is 1. The zero-order chi connectivity index (χ0) is 16.1. The smallest absolute Gasteiger partial charge is 0.228 e. The van der Waals surface area contributed by atoms with E-state index in [0.29, 0.717) is 11.6 Å². The van der Waals surface area contributed by atoms with Crippen LogP contribution in [0.5, 0.6) is 0 Å². The summed E-state index contributed by atoms with van der Waals surface area (Å²) < 4.78 is 1.82. The molecule has 0 aliphatic rings. The van der Waals surface area contributed by atoms with Gasteiger partial charge in [-0.1, -0.05) is 41.9 Å². The monoisotopic (exact) mass is 325 g/mol. The maximum Gasteiger partial charge on any atom is 0.228 e. The summed E-state index contributed by atoms with van der Waals surface area (Å²) in [4.78, 5) is 12.3. The number of halogens is 1. The number of amides is 1. The van der Waals surface area contributed by atoms with Gasteiger partial charge in [0.05, 0.1) is 13.0 Å². The van der Waals surface area contributed by atoms with Crippen LogP contribution < -0.4 is 5.32 Å². The van der Waals surface area contributed by atoms with Crippen LogP contribution in [0.3, 0.4) is 0 Å². The van der Waals surface area contributed by atoms with E-state index in [1.165, 1.54) is 0 Å². The zero-order valence-corrected chi connectivity index (χ0v) is 13.2. The molecule has 1 heterocycles. The molecule has 116 valence electrons. The molecule has 0 radical (unpaired) electrons. The molecular formula is C18H16ClN3O. The first kappa shape index (κ1) is 15.3. The number of benzene rings is 2. The number of nitrogens with zero attached hydrogens (tertiary/aromatic N) is 2. The SMILES string of the molecule is O=C(Cc1cccc(Cl)c1)Nc1ccccc1Cn1cccn1. The van der Waals surface area contributed by atoms with Gasteiger partial charge in [-0.25, -0.2) is 0 Å². The van der Waals surface area contributed by atoms with E-state index < -0.39 is 0 Å². The molecule has 0 saturated carbocycles. The summed E-state index contributed by atoms with van der Waals surface area (Å²) in [7, 11) is 0. The number of carbonyl (C=O) groups excluding carboxylic acids is 1. The molecule has 5 heteroatoms. The molecular weight excluding hydrogens is 310 g/mol. The highest BCUT2D eigenvalue weighted by atomic mass is 35.5. The molecule has 0 aliphatic heterocycles. The third kappa shape index (κ3) is 4.20. The lowest BCUT2D eigenvalue weighted by Crippen LogP contribution is -2.16. The van der Waals surface area contributed by atoms with Gasteiger partial charge in [-0.3, -0.25) is 9.48 Å². The van der Waals surface area contributed by atoms with Gasteiger partial charge in [0, 0.05) is 23.1 Å². The molecule has 3 aromatic rings. The van der Waals surface area contributed by atoms with Gasteiger partial charge >= 0.3 is 0 Å². The second kappa shape index (κ2) is 7.11. The standard InChI is InChI=1S/C18H16ClN3O/c19-16-7-3-5-14(11-16)12-18(23)21-17-8-2-1-6-15(17)13-22-10-4-9-20-22/h1-11H,12-13H2,(H,21,23). The highest BCUT2D eigenvalue weighted by Gasteiger charge is 2.08. The summed E-state index contributed by atoms with van der Waals surface area (Å²) in [6.45, 7) is 0.612. The maximum atomic E-state index is 12.3. The largest absolute Gasteiger partial charge is 0.325 e. The van der Waals surface area contributed by atoms with Crippen molar-refractivity contribution in [1.29, 1.82) is 0 Å². The number of nitrogens with one attached hydrogen (secondary N) is 1. The molecule has 1 amide bonds. The first-order chi connectivity index (χ1) is 11.2. The van der Waals surface area contributed by atoms with E-state index in [1.807, 2.05) is 53.3 Å². The van der Waals surface area contributed by atoms with E-state index in [-0.39, 0.29) is 12.3 Å². The molecule has 0 atom stereocenters. The van der Waals surface area contributed by atoms with E-state index in [2.05, 4.69) is 10.4 Å². The van der Waals surface area contributed by atoms with E-state index in [1.54, 1.807) is 18.3 Å². The summed E-state index contributed by atoms with van der Waals surface area (Å²) in [6, 6.07) is 16.9. The fraction of sp³-hybridized carbons (Fsp3) is 0.111. The second-order valence-corrected chi connectivity index (χ2v) is 5.65. The number of para-hydroxylation sites is 1. The van der Waals surface area contributed by atoms with Crippen LogP contribution in [0.15, 0.2) is 67.0 Å². The molecule has 23 heavy (non-hydrogen) atoms. The highest BCUT2D eigenvalue weighted by molar-refractivity contribution is 6.30. The van der Waals surface area contributed by atoms with Gasteiger partial charge in [-0.2, -0.15) is 5.10 Å². The number of carbonyl (C=O) groups is 1. The predicted octanol–water partition coefficient (Wildman–Crippen LogP) is 3.77. The molecule has 2 aromatic carbocycles. The van der Waals surface area contributed by atoms with Crippen molar-refractivity contribution in [2.24, 2.45) is 0 Å². The van der Waals surface area contributed by atoms with Crippen LogP contribution in [-0.2, 0) is 17.8 Å². The molecule has 0 fully saturated rings. The molecule has 0 spiro atoms. The number of hydrogen-bond donors (Lipinski definition) is 1. The Morgan fingerprint density at radius 1 is 1.13 bits per heavy atom. The fourth-order valence-corrected chi connectivity index (χ4v) is 2.59. The van der Waals surface area contributed by atoms with E-state index >= 15 is 0 Å². The van der Waals surface area contributed by atoms with Crippen molar-refractivity contribution in [2.75, 3.05) is 5.32 Å². The second-order valence-electron chi connectivity index (χ2n) is 5.22. The van der Waals surface area contributed by atoms with Gasteiger partial charge in [0.1, 0.15) is 0 Å². The lowest BCUT2D eigenvalue weighted by atomic mass is 10.1. The minimum atomic E-state index is -0.0693.